The Labute approximate surface area is 229 Å². The van der Waals surface area contributed by atoms with E-state index in [1.54, 1.807) is 6.20 Å². The molecule has 1 N–H and O–H groups in total. The molecule has 0 amide bonds. The van der Waals surface area contributed by atoms with Crippen LogP contribution in [-0.2, 0) is 22.4 Å². The molecule has 6 heterocycles. The Bertz CT molecular complexity index is 1410. The minimum absolute atomic E-state index is 0.0858. The van der Waals surface area contributed by atoms with Crippen molar-refractivity contribution in [3.8, 4) is 6.07 Å². The molecule has 4 aliphatic heterocycles. The molecule has 3 saturated heterocycles. The van der Waals surface area contributed by atoms with E-state index in [4.69, 9.17) is 14.5 Å². The lowest BCUT2D eigenvalue weighted by Gasteiger charge is -2.40. The van der Waals surface area contributed by atoms with Gasteiger partial charge in [0.15, 0.2) is 0 Å². The Hall–Kier alpha value is -3.29. The van der Waals surface area contributed by atoms with Crippen molar-refractivity contribution in [3.05, 3.63) is 59.5 Å². The molecular weight excluding hydrogens is 490 g/mol. The quantitative estimate of drug-likeness (QED) is 0.551. The predicted octanol–water partition coefficient (Wildman–Crippen LogP) is 2.33. The van der Waals surface area contributed by atoms with Gasteiger partial charge in [0.1, 0.15) is 6.07 Å². The molecule has 9 nitrogen and oxygen atoms in total. The summed E-state index contributed by atoms with van der Waals surface area (Å²) in [6.45, 7) is 10.0. The number of benzene rings is 1. The molecule has 0 aliphatic carbocycles. The fourth-order valence-electron chi connectivity index (χ4n) is 6.88. The van der Waals surface area contributed by atoms with E-state index in [9.17, 15) is 5.26 Å². The van der Waals surface area contributed by atoms with E-state index in [0.29, 0.717) is 11.6 Å². The highest BCUT2D eigenvalue weighted by Crippen LogP contribution is 2.32. The van der Waals surface area contributed by atoms with Crippen molar-refractivity contribution in [1.82, 2.24) is 20.2 Å². The van der Waals surface area contributed by atoms with Crippen LogP contribution in [0.4, 0.5) is 11.4 Å². The van der Waals surface area contributed by atoms with Crippen molar-refractivity contribution >= 4 is 22.3 Å². The third kappa shape index (κ3) is 4.72. The lowest BCUT2D eigenvalue weighted by molar-refractivity contribution is -0.0317. The number of fused-ring (bicyclic) bond motifs is 3. The van der Waals surface area contributed by atoms with E-state index in [-0.39, 0.29) is 18.3 Å². The standard InChI is InChI=1S/C30H35N7O2/c1-20-15-36(27-5-4-22(12-31)30-25(27)3-2-7-33-30)17-24(39-20)16-35-18-28-29(19-35)38-10-9-37(28)23-11-21-6-8-32-14-26(21)34-13-23/h2-5,7,11,13,20,24,28-29,32H,6,8-10,14-19H2,1H3/t20-,24+,28-,29-/m1/s1. The summed E-state index contributed by atoms with van der Waals surface area (Å²) in [5.41, 5.74) is 6.29. The molecule has 0 spiro atoms. The van der Waals surface area contributed by atoms with Crippen LogP contribution in [0.25, 0.3) is 10.9 Å². The summed E-state index contributed by atoms with van der Waals surface area (Å²) >= 11 is 0. The summed E-state index contributed by atoms with van der Waals surface area (Å²) < 4.78 is 12.7. The minimum Gasteiger partial charge on any atom is -0.373 e. The number of nitrogens with zero attached hydrogens (tertiary/aromatic N) is 6. The number of likely N-dealkylation sites (tertiary alicyclic amines) is 1. The van der Waals surface area contributed by atoms with Crippen LogP contribution in [0, 0.1) is 11.3 Å². The third-order valence-corrected chi connectivity index (χ3v) is 8.61. The number of morpholine rings is 2. The highest BCUT2D eigenvalue weighted by Gasteiger charge is 2.42. The summed E-state index contributed by atoms with van der Waals surface area (Å²) in [5.74, 6) is 0. The molecule has 4 atom stereocenters. The summed E-state index contributed by atoms with van der Waals surface area (Å²) in [6.07, 6.45) is 5.24. The van der Waals surface area contributed by atoms with Gasteiger partial charge in [0, 0.05) is 63.1 Å². The molecule has 9 heteroatoms. The Kier molecular flexibility index (Phi) is 6.57. The second-order valence-corrected chi connectivity index (χ2v) is 11.2. The molecular formula is C30H35N7O2. The molecule has 0 radical (unpaired) electrons. The summed E-state index contributed by atoms with van der Waals surface area (Å²) in [4.78, 5) is 16.8. The van der Waals surface area contributed by atoms with Crippen LogP contribution in [0.1, 0.15) is 23.7 Å². The zero-order valence-corrected chi connectivity index (χ0v) is 22.4. The summed E-state index contributed by atoms with van der Waals surface area (Å²) in [6, 6.07) is 12.9. The smallest absolute Gasteiger partial charge is 0.101 e. The Balaban J connectivity index is 1.07. The van der Waals surface area contributed by atoms with Gasteiger partial charge in [0.2, 0.25) is 0 Å². The van der Waals surface area contributed by atoms with Gasteiger partial charge in [0.25, 0.3) is 0 Å². The summed E-state index contributed by atoms with van der Waals surface area (Å²) in [5, 5.41) is 14.0. The van der Waals surface area contributed by atoms with Crippen LogP contribution < -0.4 is 15.1 Å². The van der Waals surface area contributed by atoms with Gasteiger partial charge in [-0.2, -0.15) is 5.26 Å². The van der Waals surface area contributed by atoms with Crippen LogP contribution in [0.15, 0.2) is 42.7 Å². The number of nitrogens with one attached hydrogen (secondary N) is 1. The van der Waals surface area contributed by atoms with Gasteiger partial charge < -0.3 is 24.6 Å². The van der Waals surface area contributed by atoms with Crippen LogP contribution in [-0.4, -0.2) is 91.6 Å². The van der Waals surface area contributed by atoms with Crippen LogP contribution in [0.5, 0.6) is 0 Å². The maximum atomic E-state index is 9.56. The number of hydrogen-bond acceptors (Lipinski definition) is 9. The first kappa shape index (κ1) is 24.7. The van der Waals surface area contributed by atoms with Gasteiger partial charge in [0.05, 0.1) is 59.6 Å². The van der Waals surface area contributed by atoms with Crippen LogP contribution >= 0.6 is 0 Å². The maximum Gasteiger partial charge on any atom is 0.101 e. The Morgan fingerprint density at radius 3 is 3.03 bits per heavy atom. The van der Waals surface area contributed by atoms with Gasteiger partial charge in [-0.15, -0.1) is 0 Å². The number of rotatable bonds is 4. The number of pyridine rings is 2. The lowest BCUT2D eigenvalue weighted by atomic mass is 10.0. The second kappa shape index (κ2) is 10.4. The first-order valence-electron chi connectivity index (χ1n) is 14.1. The molecule has 2 aromatic heterocycles. The number of aromatic nitrogens is 2. The van der Waals surface area contributed by atoms with E-state index in [0.717, 1.165) is 82.0 Å². The molecule has 0 unspecified atom stereocenters. The van der Waals surface area contributed by atoms with Gasteiger partial charge in [-0.1, -0.05) is 0 Å². The van der Waals surface area contributed by atoms with Gasteiger partial charge in [-0.3, -0.25) is 14.9 Å². The third-order valence-electron chi connectivity index (χ3n) is 8.61. The largest absolute Gasteiger partial charge is 0.373 e. The zero-order chi connectivity index (χ0) is 26.3. The average Bonchev–Trinajstić information content (AvgIpc) is 3.38. The predicted molar refractivity (Wildman–Crippen MR) is 150 cm³/mol. The first-order chi connectivity index (χ1) is 19.2. The zero-order valence-electron chi connectivity index (χ0n) is 22.4. The number of hydrogen-bond donors (Lipinski definition) is 1. The topological polar surface area (TPSA) is 89.8 Å². The highest BCUT2D eigenvalue weighted by molar-refractivity contribution is 5.95. The minimum atomic E-state index is 0.0858. The van der Waals surface area contributed by atoms with Crippen molar-refractivity contribution in [2.24, 2.45) is 0 Å². The van der Waals surface area contributed by atoms with E-state index in [1.165, 1.54) is 16.9 Å². The number of ether oxygens (including phenoxy) is 2. The van der Waals surface area contributed by atoms with E-state index in [1.807, 2.05) is 12.1 Å². The highest BCUT2D eigenvalue weighted by atomic mass is 16.5. The first-order valence-corrected chi connectivity index (χ1v) is 14.1. The SMILES string of the molecule is C[C@@H]1CN(c2ccc(C#N)c3ncccc23)C[C@H](CN2C[C@@H]3[C@@H](C2)OCCN3c2cnc3c(c2)CCNC3)O1. The van der Waals surface area contributed by atoms with Crippen LogP contribution in [0.3, 0.4) is 0 Å². The van der Waals surface area contributed by atoms with Gasteiger partial charge in [-0.05, 0) is 55.8 Å². The molecule has 4 aliphatic rings. The summed E-state index contributed by atoms with van der Waals surface area (Å²) in [7, 11) is 0. The van der Waals surface area contributed by atoms with Crippen molar-refractivity contribution in [3.63, 3.8) is 0 Å². The van der Waals surface area contributed by atoms with Crippen molar-refractivity contribution in [2.75, 3.05) is 62.2 Å². The average molecular weight is 526 g/mol. The van der Waals surface area contributed by atoms with Crippen molar-refractivity contribution in [1.29, 1.82) is 5.26 Å². The van der Waals surface area contributed by atoms with E-state index < -0.39 is 0 Å². The van der Waals surface area contributed by atoms with E-state index >= 15 is 0 Å². The lowest BCUT2D eigenvalue weighted by Crippen LogP contribution is -2.51. The molecule has 7 rings (SSSR count). The normalized spacial score (nSPS) is 27.3. The monoisotopic (exact) mass is 525 g/mol. The molecule has 39 heavy (non-hydrogen) atoms. The molecule has 0 saturated carbocycles. The Morgan fingerprint density at radius 2 is 2.10 bits per heavy atom. The van der Waals surface area contributed by atoms with Crippen LogP contribution in [0.2, 0.25) is 0 Å². The fraction of sp³-hybridized carbons (Fsp3) is 0.500. The molecule has 3 aromatic rings. The Morgan fingerprint density at radius 1 is 1.15 bits per heavy atom. The molecule has 3 fully saturated rings. The van der Waals surface area contributed by atoms with Crippen molar-refractivity contribution < 1.29 is 9.47 Å². The molecule has 0 bridgehead atoms. The molecule has 202 valence electrons. The second-order valence-electron chi connectivity index (χ2n) is 11.2. The maximum absolute atomic E-state index is 9.56. The van der Waals surface area contributed by atoms with Gasteiger partial charge in [-0.25, -0.2) is 0 Å². The molecule has 1 aromatic carbocycles. The number of anilines is 2. The van der Waals surface area contributed by atoms with Gasteiger partial charge >= 0.3 is 0 Å². The number of nitriles is 1. The fourth-order valence-corrected chi connectivity index (χ4v) is 6.88. The van der Waals surface area contributed by atoms with Crippen molar-refractivity contribution in [2.45, 2.75) is 44.2 Å². The van der Waals surface area contributed by atoms with E-state index in [2.05, 4.69) is 62.4 Å².